The van der Waals surface area contributed by atoms with E-state index < -0.39 is 0 Å². The van der Waals surface area contributed by atoms with Gasteiger partial charge in [0.1, 0.15) is 6.54 Å². The predicted molar refractivity (Wildman–Crippen MR) is 49.1 cm³/mol. The molecule has 0 aromatic carbocycles. The van der Waals surface area contributed by atoms with Crippen LogP contribution in [-0.2, 0) is 19.4 Å². The van der Waals surface area contributed by atoms with Crippen LogP contribution >= 0.6 is 0 Å². The van der Waals surface area contributed by atoms with E-state index in [-0.39, 0.29) is 6.10 Å². The first kappa shape index (κ1) is 8.33. The van der Waals surface area contributed by atoms with Gasteiger partial charge >= 0.3 is 0 Å². The maximum atomic E-state index is 9.47. The summed E-state index contributed by atoms with van der Waals surface area (Å²) in [4.78, 5) is 0. The lowest BCUT2D eigenvalue weighted by atomic mass is 9.96. The second-order valence-electron chi connectivity index (χ2n) is 3.37. The molecule has 0 spiro atoms. The van der Waals surface area contributed by atoms with Gasteiger partial charge in [0.15, 0.2) is 0 Å². The standard InChI is InChI=1S/C10H12N2O/c1-2-5-12-10-6-9(13)4-3-8(10)7-11-12/h1,7,9,13H,3-6H2. The zero-order valence-electron chi connectivity index (χ0n) is 7.40. The lowest BCUT2D eigenvalue weighted by molar-refractivity contribution is 0.156. The zero-order valence-corrected chi connectivity index (χ0v) is 7.40. The third-order valence-corrected chi connectivity index (χ3v) is 2.45. The minimum Gasteiger partial charge on any atom is -0.393 e. The maximum Gasteiger partial charge on any atom is 0.102 e. The number of aryl methyl sites for hydroxylation is 1. The zero-order chi connectivity index (χ0) is 9.26. The van der Waals surface area contributed by atoms with E-state index in [0.717, 1.165) is 18.5 Å². The van der Waals surface area contributed by atoms with Crippen LogP contribution in [0.4, 0.5) is 0 Å². The van der Waals surface area contributed by atoms with Crippen LogP contribution in [0.15, 0.2) is 6.20 Å². The first-order valence-electron chi connectivity index (χ1n) is 4.46. The molecule has 0 saturated heterocycles. The molecule has 3 nitrogen and oxygen atoms in total. The van der Waals surface area contributed by atoms with E-state index in [2.05, 4.69) is 11.0 Å². The fourth-order valence-electron chi connectivity index (χ4n) is 1.76. The average Bonchev–Trinajstić information content (AvgIpc) is 2.49. The van der Waals surface area contributed by atoms with E-state index in [9.17, 15) is 5.11 Å². The molecule has 1 atom stereocenters. The Kier molecular flexibility index (Phi) is 2.07. The summed E-state index contributed by atoms with van der Waals surface area (Å²) in [5, 5.41) is 13.7. The first-order chi connectivity index (χ1) is 6.31. The van der Waals surface area contributed by atoms with Crippen molar-refractivity contribution in [1.82, 2.24) is 9.78 Å². The second-order valence-corrected chi connectivity index (χ2v) is 3.37. The summed E-state index contributed by atoms with van der Waals surface area (Å²) in [6, 6.07) is 0. The second kappa shape index (κ2) is 3.23. The number of nitrogens with zero attached hydrogens (tertiary/aromatic N) is 2. The van der Waals surface area contributed by atoms with E-state index in [4.69, 9.17) is 6.42 Å². The molecule has 1 unspecified atom stereocenters. The number of aliphatic hydroxyl groups excluding tert-OH is 1. The molecule has 0 saturated carbocycles. The Labute approximate surface area is 77.4 Å². The SMILES string of the molecule is C#CCn1ncc2c1CC(O)CC2. The van der Waals surface area contributed by atoms with Crippen LogP contribution in [0.5, 0.6) is 0 Å². The Hall–Kier alpha value is -1.27. The molecule has 2 rings (SSSR count). The smallest absolute Gasteiger partial charge is 0.102 e. The summed E-state index contributed by atoms with van der Waals surface area (Å²) in [5.41, 5.74) is 2.34. The van der Waals surface area contributed by atoms with Crippen molar-refractivity contribution in [1.29, 1.82) is 0 Å². The molecule has 1 heterocycles. The van der Waals surface area contributed by atoms with Crippen molar-refractivity contribution in [3.8, 4) is 12.3 Å². The van der Waals surface area contributed by atoms with Gasteiger partial charge in [-0.2, -0.15) is 5.10 Å². The lowest BCUT2D eigenvalue weighted by Gasteiger charge is -2.17. The molecule has 13 heavy (non-hydrogen) atoms. The summed E-state index contributed by atoms with van der Waals surface area (Å²) >= 11 is 0. The Morgan fingerprint density at radius 2 is 2.62 bits per heavy atom. The van der Waals surface area contributed by atoms with Crippen LogP contribution in [0.3, 0.4) is 0 Å². The van der Waals surface area contributed by atoms with Crippen molar-refractivity contribution < 1.29 is 5.11 Å². The van der Waals surface area contributed by atoms with Crippen molar-refractivity contribution in [2.24, 2.45) is 0 Å². The maximum absolute atomic E-state index is 9.47. The van der Waals surface area contributed by atoms with Crippen LogP contribution in [0.25, 0.3) is 0 Å². The number of hydrogen-bond acceptors (Lipinski definition) is 2. The molecule has 1 aliphatic rings. The molecule has 0 fully saturated rings. The molecule has 0 bridgehead atoms. The summed E-state index contributed by atoms with van der Waals surface area (Å²) in [5.74, 6) is 2.55. The Morgan fingerprint density at radius 3 is 3.38 bits per heavy atom. The summed E-state index contributed by atoms with van der Waals surface area (Å²) in [6.07, 6.45) is 9.30. The van der Waals surface area contributed by atoms with Gasteiger partial charge in [0.05, 0.1) is 12.3 Å². The summed E-state index contributed by atoms with van der Waals surface area (Å²) in [7, 11) is 0. The van der Waals surface area contributed by atoms with E-state index in [1.165, 1.54) is 5.56 Å². The highest BCUT2D eigenvalue weighted by molar-refractivity contribution is 5.22. The van der Waals surface area contributed by atoms with Crippen LogP contribution < -0.4 is 0 Å². The number of aliphatic hydroxyl groups is 1. The highest BCUT2D eigenvalue weighted by atomic mass is 16.3. The predicted octanol–water partition coefficient (Wildman–Crippen LogP) is 0.366. The molecular formula is C10H12N2O. The van der Waals surface area contributed by atoms with Crippen LogP contribution in [0, 0.1) is 12.3 Å². The van der Waals surface area contributed by atoms with Gasteiger partial charge in [-0.15, -0.1) is 6.42 Å². The first-order valence-corrected chi connectivity index (χ1v) is 4.46. The monoisotopic (exact) mass is 176 g/mol. The highest BCUT2D eigenvalue weighted by Gasteiger charge is 2.20. The van der Waals surface area contributed by atoms with Crippen LogP contribution in [-0.4, -0.2) is 21.0 Å². The third kappa shape index (κ3) is 1.45. The van der Waals surface area contributed by atoms with E-state index in [1.54, 1.807) is 4.68 Å². The molecular weight excluding hydrogens is 164 g/mol. The largest absolute Gasteiger partial charge is 0.393 e. The molecule has 68 valence electrons. The van der Waals surface area contributed by atoms with Gasteiger partial charge in [0, 0.05) is 12.1 Å². The lowest BCUT2D eigenvalue weighted by Crippen LogP contribution is -2.20. The number of rotatable bonds is 1. The van der Waals surface area contributed by atoms with Gasteiger partial charge in [0.2, 0.25) is 0 Å². The molecule has 3 heteroatoms. The van der Waals surface area contributed by atoms with Gasteiger partial charge in [-0.1, -0.05) is 5.92 Å². The van der Waals surface area contributed by atoms with Crippen molar-refractivity contribution in [2.45, 2.75) is 31.9 Å². The highest BCUT2D eigenvalue weighted by Crippen LogP contribution is 2.20. The third-order valence-electron chi connectivity index (χ3n) is 2.45. The molecule has 0 aliphatic heterocycles. The van der Waals surface area contributed by atoms with Crippen molar-refractivity contribution in [2.75, 3.05) is 0 Å². The van der Waals surface area contributed by atoms with Gasteiger partial charge in [-0.25, -0.2) is 0 Å². The average molecular weight is 176 g/mol. The normalized spacial score (nSPS) is 20.8. The molecule has 1 N–H and O–H groups in total. The molecule has 1 aromatic rings. The minimum atomic E-state index is -0.222. The Bertz CT molecular complexity index is 348. The van der Waals surface area contributed by atoms with Crippen molar-refractivity contribution in [3.63, 3.8) is 0 Å². The molecule has 1 aliphatic carbocycles. The molecule has 0 radical (unpaired) electrons. The number of hydrogen-bond donors (Lipinski definition) is 1. The molecule has 1 aromatic heterocycles. The van der Waals surface area contributed by atoms with Gasteiger partial charge in [-0.3, -0.25) is 4.68 Å². The Morgan fingerprint density at radius 1 is 1.77 bits per heavy atom. The topological polar surface area (TPSA) is 38.0 Å². The van der Waals surface area contributed by atoms with E-state index >= 15 is 0 Å². The summed E-state index contributed by atoms with van der Waals surface area (Å²) in [6.45, 7) is 0.502. The van der Waals surface area contributed by atoms with Gasteiger partial charge in [-0.05, 0) is 18.4 Å². The fourth-order valence-corrected chi connectivity index (χ4v) is 1.76. The minimum absolute atomic E-state index is 0.222. The van der Waals surface area contributed by atoms with Crippen LogP contribution in [0.2, 0.25) is 0 Å². The van der Waals surface area contributed by atoms with Crippen molar-refractivity contribution >= 4 is 0 Å². The molecule has 0 amide bonds. The van der Waals surface area contributed by atoms with Crippen molar-refractivity contribution in [3.05, 3.63) is 17.5 Å². The van der Waals surface area contributed by atoms with Gasteiger partial charge in [0.25, 0.3) is 0 Å². The van der Waals surface area contributed by atoms with E-state index in [0.29, 0.717) is 13.0 Å². The number of terminal acetylenes is 1. The van der Waals surface area contributed by atoms with Gasteiger partial charge < -0.3 is 5.11 Å². The quantitative estimate of drug-likeness (QED) is 0.628. The summed E-state index contributed by atoms with van der Waals surface area (Å²) < 4.78 is 1.80. The Balaban J connectivity index is 2.31. The fraction of sp³-hybridized carbons (Fsp3) is 0.500. The van der Waals surface area contributed by atoms with E-state index in [1.807, 2.05) is 6.20 Å². The number of aromatic nitrogens is 2. The number of fused-ring (bicyclic) bond motifs is 1. The van der Waals surface area contributed by atoms with Crippen LogP contribution in [0.1, 0.15) is 17.7 Å².